The summed E-state index contributed by atoms with van der Waals surface area (Å²) in [6.45, 7) is 5.71. The Morgan fingerprint density at radius 1 is 1.12 bits per heavy atom. The second kappa shape index (κ2) is 10.4. The third-order valence-electron chi connectivity index (χ3n) is 8.38. The maximum absolute atomic E-state index is 13.7. The monoisotopic (exact) mass is 562 g/mol. The van der Waals surface area contributed by atoms with Gasteiger partial charge in [0.15, 0.2) is 11.4 Å². The van der Waals surface area contributed by atoms with Gasteiger partial charge < -0.3 is 36.2 Å². The summed E-state index contributed by atoms with van der Waals surface area (Å²) in [6, 6.07) is 8.94. The van der Waals surface area contributed by atoms with Crippen LogP contribution in [0.1, 0.15) is 43.4 Å². The second-order valence-corrected chi connectivity index (χ2v) is 11.5. The molecule has 10 heteroatoms. The third kappa shape index (κ3) is 4.47. The Bertz CT molecular complexity index is 1540. The van der Waals surface area contributed by atoms with E-state index < -0.39 is 52.0 Å². The number of phenols is 1. The van der Waals surface area contributed by atoms with Gasteiger partial charge in [0.05, 0.1) is 12.7 Å². The van der Waals surface area contributed by atoms with Gasteiger partial charge in [0.2, 0.25) is 5.78 Å². The molecule has 0 bridgehead atoms. The minimum Gasteiger partial charge on any atom is -0.508 e. The number of carbonyl (C=O) groups excluding carboxylic acids is 3. The van der Waals surface area contributed by atoms with Crippen molar-refractivity contribution < 1.29 is 39.5 Å². The van der Waals surface area contributed by atoms with Crippen LogP contribution < -0.4 is 15.8 Å². The zero-order chi connectivity index (χ0) is 29.8. The highest BCUT2D eigenvalue weighted by molar-refractivity contribution is 6.22. The van der Waals surface area contributed by atoms with Crippen molar-refractivity contribution in [3.63, 3.8) is 0 Å². The van der Waals surface area contributed by atoms with Crippen molar-refractivity contribution in [2.75, 3.05) is 13.7 Å². The van der Waals surface area contributed by atoms with E-state index in [4.69, 9.17) is 10.5 Å². The highest BCUT2D eigenvalue weighted by atomic mass is 16.5. The number of aliphatic hydroxyl groups is 3. The molecule has 3 atom stereocenters. The fourth-order valence-electron chi connectivity index (χ4n) is 6.45. The topological polar surface area (TPSA) is 179 Å². The fourth-order valence-corrected chi connectivity index (χ4v) is 6.45. The smallest absolute Gasteiger partial charge is 0.255 e. The Labute approximate surface area is 237 Å². The first kappa shape index (κ1) is 28.4. The van der Waals surface area contributed by atoms with Gasteiger partial charge in [-0.05, 0) is 66.1 Å². The van der Waals surface area contributed by atoms with E-state index in [0.29, 0.717) is 29.3 Å². The van der Waals surface area contributed by atoms with Gasteiger partial charge in [-0.3, -0.25) is 14.4 Å². The Kier molecular flexibility index (Phi) is 7.17. The molecule has 0 heterocycles. The number of nitrogens with one attached hydrogen (secondary N) is 1. The molecule has 1 saturated carbocycles. The van der Waals surface area contributed by atoms with Crippen molar-refractivity contribution in [1.29, 1.82) is 0 Å². The van der Waals surface area contributed by atoms with Crippen molar-refractivity contribution in [1.82, 2.24) is 5.32 Å². The van der Waals surface area contributed by atoms with Crippen molar-refractivity contribution in [3.8, 4) is 22.6 Å². The van der Waals surface area contributed by atoms with Crippen LogP contribution in [0.2, 0.25) is 0 Å². The number of nitrogens with two attached hydrogens (primary N) is 1. The number of hydrogen-bond donors (Lipinski definition) is 6. The van der Waals surface area contributed by atoms with Crippen LogP contribution in [0, 0.1) is 17.8 Å². The van der Waals surface area contributed by atoms with Gasteiger partial charge in [0, 0.05) is 30.0 Å². The zero-order valence-electron chi connectivity index (χ0n) is 23.2. The maximum atomic E-state index is 13.7. The number of fused-ring (bicyclic) bond motifs is 3. The SMILES string of the molecule is COc1ccc(CNCC(C)C)cc1-c1ccc(O)c2c1C[C@H]1C[C@H]3CC(=O)C(C(N)=O)=C(O)[C@@]3(O)C(=O)C1=C2O. The summed E-state index contributed by atoms with van der Waals surface area (Å²) in [5.41, 5.74) is 4.73. The molecule has 7 N–H and O–H groups in total. The lowest BCUT2D eigenvalue weighted by Gasteiger charge is -2.46. The Balaban J connectivity index is 1.64. The van der Waals surface area contributed by atoms with Gasteiger partial charge in [0.1, 0.15) is 28.6 Å². The van der Waals surface area contributed by atoms with E-state index in [1.54, 1.807) is 13.2 Å². The molecule has 0 unspecified atom stereocenters. The molecule has 41 heavy (non-hydrogen) atoms. The van der Waals surface area contributed by atoms with Crippen LogP contribution in [0.5, 0.6) is 11.5 Å². The van der Waals surface area contributed by atoms with Crippen molar-refractivity contribution >= 4 is 23.2 Å². The summed E-state index contributed by atoms with van der Waals surface area (Å²) in [5, 5.41) is 47.9. The van der Waals surface area contributed by atoms with Crippen LogP contribution in [0.25, 0.3) is 16.9 Å². The molecule has 2 aromatic carbocycles. The number of aromatic hydroxyl groups is 1. The molecule has 2 aromatic rings. The van der Waals surface area contributed by atoms with Gasteiger partial charge in [-0.25, -0.2) is 0 Å². The van der Waals surface area contributed by atoms with Crippen LogP contribution >= 0.6 is 0 Å². The van der Waals surface area contributed by atoms with E-state index in [2.05, 4.69) is 19.2 Å². The molecule has 3 aliphatic rings. The maximum Gasteiger partial charge on any atom is 0.255 e. The zero-order valence-corrected chi connectivity index (χ0v) is 23.2. The van der Waals surface area contributed by atoms with Gasteiger partial charge in [-0.15, -0.1) is 0 Å². The molecule has 5 rings (SSSR count). The number of aliphatic hydroxyl groups excluding tert-OH is 2. The van der Waals surface area contributed by atoms with Gasteiger partial charge in [-0.1, -0.05) is 26.0 Å². The normalized spacial score (nSPS) is 23.8. The third-order valence-corrected chi connectivity index (χ3v) is 8.38. The molecule has 0 saturated heterocycles. The minimum atomic E-state index is -2.59. The molecular formula is C31H34N2O8. The van der Waals surface area contributed by atoms with Gasteiger partial charge in [-0.2, -0.15) is 0 Å². The number of ether oxygens (including phenoxy) is 1. The summed E-state index contributed by atoms with van der Waals surface area (Å²) < 4.78 is 5.65. The number of benzene rings is 2. The van der Waals surface area contributed by atoms with E-state index in [1.807, 2.05) is 18.2 Å². The summed E-state index contributed by atoms with van der Waals surface area (Å²) in [6.07, 6.45) is -0.0977. The number of Topliss-reactive ketones (excluding diaryl/α,β-unsaturated/α-hetero) is 2. The van der Waals surface area contributed by atoms with Crippen molar-refractivity contribution in [3.05, 3.63) is 63.9 Å². The Hall–Kier alpha value is -4.15. The molecule has 0 spiro atoms. The minimum absolute atomic E-state index is 0.0417. The summed E-state index contributed by atoms with van der Waals surface area (Å²) in [5.74, 6) is -5.49. The molecule has 0 radical (unpaired) electrons. The quantitative estimate of drug-likeness (QED) is 0.277. The molecule has 0 aromatic heterocycles. The van der Waals surface area contributed by atoms with E-state index in [-0.39, 0.29) is 36.1 Å². The molecular weight excluding hydrogens is 528 g/mol. The number of carbonyl (C=O) groups is 3. The number of rotatable bonds is 7. The molecule has 0 aliphatic heterocycles. The van der Waals surface area contributed by atoms with Crippen LogP contribution in [-0.2, 0) is 27.3 Å². The first-order valence-electron chi connectivity index (χ1n) is 13.6. The molecule has 1 amide bonds. The predicted octanol–water partition coefficient (Wildman–Crippen LogP) is 2.85. The van der Waals surface area contributed by atoms with E-state index >= 15 is 0 Å². The number of amides is 1. The number of ketones is 2. The number of phenolic OH excluding ortho intramolecular Hbond substituents is 1. The molecule has 10 nitrogen and oxygen atoms in total. The molecule has 216 valence electrons. The average molecular weight is 563 g/mol. The van der Waals surface area contributed by atoms with Crippen molar-refractivity contribution in [2.45, 2.75) is 45.3 Å². The average Bonchev–Trinajstić information content (AvgIpc) is 2.90. The number of hydrogen-bond acceptors (Lipinski definition) is 9. The molecule has 1 fully saturated rings. The number of methoxy groups -OCH3 is 1. The lowest BCUT2D eigenvalue weighted by Crippen LogP contribution is -2.58. The van der Waals surface area contributed by atoms with Crippen LogP contribution in [0.15, 0.2) is 47.2 Å². The first-order valence-corrected chi connectivity index (χ1v) is 13.6. The lowest BCUT2D eigenvalue weighted by molar-refractivity contribution is -0.147. The van der Waals surface area contributed by atoms with Gasteiger partial charge >= 0.3 is 0 Å². The largest absolute Gasteiger partial charge is 0.508 e. The standard InChI is InChI=1S/C31H34N2O8/c1-14(2)12-33-13-15-4-7-23(41-3)19(8-15)18-5-6-21(34)25-20(18)10-16-9-17-11-22(35)26(30(32)39)29(38)31(17,40)28(37)24(16)27(25)36/h4-8,14,16-17,33-34,36,38,40H,9-13H2,1-3H3,(H2,32,39)/t16-,17+,31+/m1/s1. The Morgan fingerprint density at radius 2 is 1.85 bits per heavy atom. The van der Waals surface area contributed by atoms with Crippen molar-refractivity contribution in [2.24, 2.45) is 23.5 Å². The highest BCUT2D eigenvalue weighted by Gasteiger charge is 2.60. The van der Waals surface area contributed by atoms with Crippen LogP contribution in [0.3, 0.4) is 0 Å². The Morgan fingerprint density at radius 3 is 2.51 bits per heavy atom. The second-order valence-electron chi connectivity index (χ2n) is 11.5. The molecule has 3 aliphatic carbocycles. The summed E-state index contributed by atoms with van der Waals surface area (Å²) in [7, 11) is 1.55. The lowest BCUT2D eigenvalue weighted by atomic mass is 9.59. The fraction of sp³-hybridized carbons (Fsp3) is 0.387. The van der Waals surface area contributed by atoms with E-state index in [9.17, 15) is 34.8 Å². The summed E-state index contributed by atoms with van der Waals surface area (Å²) in [4.78, 5) is 38.2. The van der Waals surface area contributed by atoms with E-state index in [0.717, 1.165) is 17.7 Å². The summed E-state index contributed by atoms with van der Waals surface area (Å²) >= 11 is 0. The predicted molar refractivity (Wildman–Crippen MR) is 150 cm³/mol. The van der Waals surface area contributed by atoms with E-state index in [1.165, 1.54) is 6.07 Å². The van der Waals surface area contributed by atoms with Gasteiger partial charge in [0.25, 0.3) is 5.91 Å². The van der Waals surface area contributed by atoms with Crippen LogP contribution in [0.4, 0.5) is 0 Å². The van der Waals surface area contributed by atoms with Crippen LogP contribution in [-0.4, -0.2) is 57.2 Å². The highest BCUT2D eigenvalue weighted by Crippen LogP contribution is 2.53. The first-order chi connectivity index (χ1) is 19.4. The number of primary amides is 1.